The molecule has 0 radical (unpaired) electrons. The molecule has 0 bridgehead atoms. The van der Waals surface area contributed by atoms with Gasteiger partial charge >= 0.3 is 0 Å². The lowest BCUT2D eigenvalue weighted by molar-refractivity contribution is -0.114. The van der Waals surface area contributed by atoms with Crippen LogP contribution in [0.25, 0.3) is 0 Å². The van der Waals surface area contributed by atoms with Crippen molar-refractivity contribution in [3.05, 3.63) is 11.1 Å². The van der Waals surface area contributed by atoms with Crippen molar-refractivity contribution in [1.82, 2.24) is 0 Å². The molecule has 104 valence electrons. The van der Waals surface area contributed by atoms with Gasteiger partial charge in [0.15, 0.2) is 0 Å². The van der Waals surface area contributed by atoms with E-state index in [1.165, 1.54) is 0 Å². The van der Waals surface area contributed by atoms with Gasteiger partial charge < -0.3 is 15.2 Å². The van der Waals surface area contributed by atoms with Crippen molar-refractivity contribution in [1.29, 1.82) is 0 Å². The van der Waals surface area contributed by atoms with Gasteiger partial charge in [-0.15, -0.1) is 0 Å². The molecule has 0 aliphatic carbocycles. The van der Waals surface area contributed by atoms with Crippen LogP contribution in [0.1, 0.15) is 46.5 Å². The van der Waals surface area contributed by atoms with Gasteiger partial charge in [-0.25, -0.2) is 0 Å². The Kier molecular flexibility index (Phi) is 6.36. The van der Waals surface area contributed by atoms with E-state index in [1.54, 1.807) is 6.92 Å². The summed E-state index contributed by atoms with van der Waals surface area (Å²) in [7, 11) is 0. The summed E-state index contributed by atoms with van der Waals surface area (Å²) in [6.07, 6.45) is 4.14. The Morgan fingerprint density at radius 3 is 2.61 bits per heavy atom. The largest absolute Gasteiger partial charge is 0.371 e. The summed E-state index contributed by atoms with van der Waals surface area (Å²) < 4.78 is 11.0. The highest BCUT2D eigenvalue weighted by Gasteiger charge is 2.25. The molecule has 0 aromatic heterocycles. The van der Waals surface area contributed by atoms with E-state index in [4.69, 9.17) is 15.2 Å². The van der Waals surface area contributed by atoms with Gasteiger partial charge in [-0.2, -0.15) is 0 Å². The third kappa shape index (κ3) is 4.78. The van der Waals surface area contributed by atoms with Crippen LogP contribution < -0.4 is 5.73 Å². The van der Waals surface area contributed by atoms with E-state index in [1.807, 2.05) is 0 Å². The SMILES string of the molecule is CCCCC(=C(C)C(N)=O)C(CC)OCC1CO1. The van der Waals surface area contributed by atoms with Crippen molar-refractivity contribution >= 4 is 5.91 Å². The lowest BCUT2D eigenvalue weighted by Gasteiger charge is -2.21. The Labute approximate surface area is 110 Å². The number of carbonyl (C=O) groups is 1. The summed E-state index contributed by atoms with van der Waals surface area (Å²) in [4.78, 5) is 11.4. The van der Waals surface area contributed by atoms with E-state index < -0.39 is 0 Å². The van der Waals surface area contributed by atoms with Crippen LogP contribution in [0.15, 0.2) is 11.1 Å². The smallest absolute Gasteiger partial charge is 0.244 e. The molecule has 2 atom stereocenters. The number of carbonyl (C=O) groups excluding carboxylic acids is 1. The number of amides is 1. The number of rotatable bonds is 9. The summed E-state index contributed by atoms with van der Waals surface area (Å²) in [5, 5.41) is 0. The number of primary amides is 1. The summed E-state index contributed by atoms with van der Waals surface area (Å²) in [6.45, 7) is 7.40. The molecule has 1 saturated heterocycles. The first-order valence-corrected chi connectivity index (χ1v) is 6.82. The third-order valence-corrected chi connectivity index (χ3v) is 3.30. The van der Waals surface area contributed by atoms with Crippen molar-refractivity contribution in [2.45, 2.75) is 58.7 Å². The maximum atomic E-state index is 11.4. The quantitative estimate of drug-likeness (QED) is 0.507. The normalized spacial score (nSPS) is 21.4. The van der Waals surface area contributed by atoms with Crippen molar-refractivity contribution in [2.24, 2.45) is 5.73 Å². The van der Waals surface area contributed by atoms with Crippen molar-refractivity contribution in [3.63, 3.8) is 0 Å². The van der Waals surface area contributed by atoms with Gasteiger partial charge in [0.25, 0.3) is 0 Å². The van der Waals surface area contributed by atoms with Crippen molar-refractivity contribution in [3.8, 4) is 0 Å². The van der Waals surface area contributed by atoms with Crippen LogP contribution in [-0.2, 0) is 14.3 Å². The maximum absolute atomic E-state index is 11.4. The molecular weight excluding hydrogens is 230 g/mol. The number of ether oxygens (including phenoxy) is 2. The zero-order chi connectivity index (χ0) is 13.5. The molecule has 0 spiro atoms. The lowest BCUT2D eigenvalue weighted by Crippen LogP contribution is -2.23. The molecule has 1 amide bonds. The van der Waals surface area contributed by atoms with Crippen LogP contribution in [0, 0.1) is 0 Å². The van der Waals surface area contributed by atoms with E-state index >= 15 is 0 Å². The lowest BCUT2D eigenvalue weighted by atomic mass is 9.96. The Morgan fingerprint density at radius 2 is 2.17 bits per heavy atom. The van der Waals surface area contributed by atoms with E-state index in [0.29, 0.717) is 12.2 Å². The summed E-state index contributed by atoms with van der Waals surface area (Å²) in [5.41, 5.74) is 7.11. The Balaban J connectivity index is 2.69. The zero-order valence-electron chi connectivity index (χ0n) is 11.7. The second-order valence-electron chi connectivity index (χ2n) is 4.80. The van der Waals surface area contributed by atoms with Crippen molar-refractivity contribution < 1.29 is 14.3 Å². The average Bonchev–Trinajstić information content (AvgIpc) is 3.16. The topological polar surface area (TPSA) is 64.9 Å². The summed E-state index contributed by atoms with van der Waals surface area (Å²) in [5.74, 6) is -0.342. The first kappa shape index (κ1) is 15.2. The van der Waals surface area contributed by atoms with Crippen LogP contribution >= 0.6 is 0 Å². The first-order chi connectivity index (χ1) is 8.60. The molecule has 1 fully saturated rings. The van der Waals surface area contributed by atoms with Gasteiger partial charge in [-0.1, -0.05) is 20.3 Å². The predicted octanol–water partition coefficient (Wildman–Crippen LogP) is 2.17. The van der Waals surface area contributed by atoms with Gasteiger partial charge in [0, 0.05) is 5.57 Å². The average molecular weight is 255 g/mol. The Bertz CT molecular complexity index is 308. The van der Waals surface area contributed by atoms with Gasteiger partial charge in [0.1, 0.15) is 6.10 Å². The molecule has 0 saturated carbocycles. The standard InChI is InChI=1S/C14H25NO3/c1-4-6-7-12(10(3)14(15)16)13(5-2)18-9-11-8-17-11/h11,13H,4-9H2,1-3H3,(H2,15,16). The van der Waals surface area contributed by atoms with E-state index in [2.05, 4.69) is 13.8 Å². The second-order valence-corrected chi connectivity index (χ2v) is 4.80. The second kappa shape index (κ2) is 7.54. The highest BCUT2D eigenvalue weighted by atomic mass is 16.6. The molecular formula is C14H25NO3. The highest BCUT2D eigenvalue weighted by molar-refractivity contribution is 5.92. The number of hydrogen-bond acceptors (Lipinski definition) is 3. The van der Waals surface area contributed by atoms with Gasteiger partial charge in [-0.05, 0) is 31.8 Å². The van der Waals surface area contributed by atoms with Crippen LogP contribution in [0.5, 0.6) is 0 Å². The predicted molar refractivity (Wildman–Crippen MR) is 71.2 cm³/mol. The van der Waals surface area contributed by atoms with Gasteiger partial charge in [-0.3, -0.25) is 4.79 Å². The fourth-order valence-corrected chi connectivity index (χ4v) is 1.97. The molecule has 4 heteroatoms. The number of epoxide rings is 1. The molecule has 1 aliphatic heterocycles. The first-order valence-electron chi connectivity index (χ1n) is 6.82. The minimum Gasteiger partial charge on any atom is -0.371 e. The molecule has 1 aliphatic rings. The van der Waals surface area contributed by atoms with E-state index in [-0.39, 0.29) is 18.1 Å². The molecule has 18 heavy (non-hydrogen) atoms. The molecule has 0 aromatic carbocycles. The summed E-state index contributed by atoms with van der Waals surface area (Å²) in [6, 6.07) is 0. The van der Waals surface area contributed by atoms with Crippen molar-refractivity contribution in [2.75, 3.05) is 13.2 Å². The number of hydrogen-bond donors (Lipinski definition) is 1. The zero-order valence-corrected chi connectivity index (χ0v) is 11.7. The molecule has 1 rings (SSSR count). The third-order valence-electron chi connectivity index (χ3n) is 3.30. The van der Waals surface area contributed by atoms with Gasteiger partial charge in [0.2, 0.25) is 5.91 Å². The molecule has 2 N–H and O–H groups in total. The fraction of sp³-hybridized carbons (Fsp3) is 0.786. The molecule has 2 unspecified atom stereocenters. The fourth-order valence-electron chi connectivity index (χ4n) is 1.97. The monoisotopic (exact) mass is 255 g/mol. The maximum Gasteiger partial charge on any atom is 0.244 e. The van der Waals surface area contributed by atoms with Crippen LogP contribution in [-0.4, -0.2) is 31.3 Å². The van der Waals surface area contributed by atoms with E-state index in [9.17, 15) is 4.79 Å². The summed E-state index contributed by atoms with van der Waals surface area (Å²) >= 11 is 0. The minimum absolute atomic E-state index is 0.00625. The number of unbranched alkanes of at least 4 members (excludes halogenated alkanes) is 1. The molecule has 0 aromatic rings. The van der Waals surface area contributed by atoms with E-state index in [0.717, 1.165) is 37.9 Å². The van der Waals surface area contributed by atoms with Gasteiger partial charge in [0.05, 0.1) is 19.3 Å². The highest BCUT2D eigenvalue weighted by Crippen LogP contribution is 2.23. The van der Waals surface area contributed by atoms with Crippen LogP contribution in [0.2, 0.25) is 0 Å². The number of nitrogens with two attached hydrogens (primary N) is 1. The van der Waals surface area contributed by atoms with Crippen LogP contribution in [0.4, 0.5) is 0 Å². The Morgan fingerprint density at radius 1 is 1.50 bits per heavy atom. The molecule has 4 nitrogen and oxygen atoms in total. The Hall–Kier alpha value is -0.870. The minimum atomic E-state index is -0.342. The van der Waals surface area contributed by atoms with Crippen LogP contribution in [0.3, 0.4) is 0 Å². The molecule has 1 heterocycles.